The van der Waals surface area contributed by atoms with Crippen LogP contribution in [0.15, 0.2) is 24.3 Å². The van der Waals surface area contributed by atoms with Crippen LogP contribution in [0, 0.1) is 5.92 Å². The zero-order valence-corrected chi connectivity index (χ0v) is 12.9. The fraction of sp³-hybridized carbons (Fsp3) is 0.500. The molecule has 1 unspecified atom stereocenters. The third-order valence-electron chi connectivity index (χ3n) is 3.18. The SMILES string of the molecule is CCOc1ccc(N2CC(COS(C)(=O)=O)CC2=O)cc1. The van der Waals surface area contributed by atoms with Crippen LogP contribution < -0.4 is 9.64 Å². The summed E-state index contributed by atoms with van der Waals surface area (Å²) in [4.78, 5) is 13.7. The Labute approximate surface area is 124 Å². The molecule has 1 aromatic carbocycles. The highest BCUT2D eigenvalue weighted by atomic mass is 32.2. The second kappa shape index (κ2) is 6.44. The minimum atomic E-state index is -3.47. The van der Waals surface area contributed by atoms with Crippen LogP contribution in [0.1, 0.15) is 13.3 Å². The Bertz CT molecular complexity index is 596. The van der Waals surface area contributed by atoms with Crippen molar-refractivity contribution in [1.82, 2.24) is 0 Å². The minimum Gasteiger partial charge on any atom is -0.494 e. The molecule has 0 radical (unpaired) electrons. The summed E-state index contributed by atoms with van der Waals surface area (Å²) in [5.74, 6) is 0.616. The Morgan fingerprint density at radius 2 is 1.95 bits per heavy atom. The molecule has 21 heavy (non-hydrogen) atoms. The first-order valence-corrected chi connectivity index (χ1v) is 8.58. The van der Waals surface area contributed by atoms with Gasteiger partial charge in [-0.15, -0.1) is 0 Å². The number of benzene rings is 1. The molecule has 1 fully saturated rings. The summed E-state index contributed by atoms with van der Waals surface area (Å²) in [7, 11) is -3.47. The summed E-state index contributed by atoms with van der Waals surface area (Å²) in [6.45, 7) is 3.00. The number of hydrogen-bond acceptors (Lipinski definition) is 5. The topological polar surface area (TPSA) is 72.9 Å². The highest BCUT2D eigenvalue weighted by Crippen LogP contribution is 2.27. The summed E-state index contributed by atoms with van der Waals surface area (Å²) in [5.41, 5.74) is 0.783. The van der Waals surface area contributed by atoms with Crippen molar-refractivity contribution in [3.8, 4) is 5.75 Å². The molecule has 1 saturated heterocycles. The maximum absolute atomic E-state index is 12.0. The molecule has 2 rings (SSSR count). The normalized spacial score (nSPS) is 19.0. The predicted molar refractivity (Wildman–Crippen MR) is 78.9 cm³/mol. The van der Waals surface area contributed by atoms with Crippen molar-refractivity contribution in [3.05, 3.63) is 24.3 Å². The van der Waals surface area contributed by atoms with Crippen molar-refractivity contribution >= 4 is 21.7 Å². The number of carbonyl (C=O) groups excluding carboxylic acids is 1. The fourth-order valence-corrected chi connectivity index (χ4v) is 2.69. The number of ether oxygens (including phenoxy) is 1. The summed E-state index contributed by atoms with van der Waals surface area (Å²) in [5, 5.41) is 0. The zero-order valence-electron chi connectivity index (χ0n) is 12.1. The minimum absolute atomic E-state index is 0.0266. The molecule has 1 aliphatic heterocycles. The molecule has 0 aromatic heterocycles. The van der Waals surface area contributed by atoms with E-state index in [0.29, 0.717) is 19.6 Å². The molecule has 1 aliphatic rings. The lowest BCUT2D eigenvalue weighted by atomic mass is 10.1. The van der Waals surface area contributed by atoms with Crippen molar-refractivity contribution in [2.24, 2.45) is 5.92 Å². The number of anilines is 1. The lowest BCUT2D eigenvalue weighted by molar-refractivity contribution is -0.117. The largest absolute Gasteiger partial charge is 0.494 e. The Morgan fingerprint density at radius 3 is 2.52 bits per heavy atom. The molecule has 1 aromatic rings. The van der Waals surface area contributed by atoms with E-state index in [-0.39, 0.29) is 18.4 Å². The van der Waals surface area contributed by atoms with E-state index in [1.807, 2.05) is 31.2 Å². The van der Waals surface area contributed by atoms with Gasteiger partial charge in [-0.2, -0.15) is 8.42 Å². The number of nitrogens with zero attached hydrogens (tertiary/aromatic N) is 1. The van der Waals surface area contributed by atoms with E-state index in [9.17, 15) is 13.2 Å². The van der Waals surface area contributed by atoms with Gasteiger partial charge in [-0.1, -0.05) is 0 Å². The first-order chi connectivity index (χ1) is 9.89. The molecule has 1 atom stereocenters. The highest BCUT2D eigenvalue weighted by Gasteiger charge is 2.31. The van der Waals surface area contributed by atoms with Gasteiger partial charge in [0.05, 0.1) is 19.5 Å². The summed E-state index contributed by atoms with van der Waals surface area (Å²) in [6.07, 6.45) is 1.30. The second-order valence-corrected chi connectivity index (χ2v) is 6.63. The van der Waals surface area contributed by atoms with Gasteiger partial charge in [-0.05, 0) is 31.2 Å². The van der Waals surface area contributed by atoms with Crippen LogP contribution >= 0.6 is 0 Å². The molecular weight excluding hydrogens is 294 g/mol. The number of amides is 1. The molecular formula is C14H19NO5S. The van der Waals surface area contributed by atoms with Gasteiger partial charge in [0.1, 0.15) is 5.75 Å². The molecule has 6 nitrogen and oxygen atoms in total. The Kier molecular flexibility index (Phi) is 4.84. The average molecular weight is 313 g/mol. The van der Waals surface area contributed by atoms with Crippen molar-refractivity contribution in [1.29, 1.82) is 0 Å². The van der Waals surface area contributed by atoms with Crippen LogP contribution in [0.2, 0.25) is 0 Å². The van der Waals surface area contributed by atoms with Gasteiger partial charge < -0.3 is 9.64 Å². The summed E-state index contributed by atoms with van der Waals surface area (Å²) in [6, 6.07) is 7.27. The van der Waals surface area contributed by atoms with Gasteiger partial charge in [-0.3, -0.25) is 8.98 Å². The molecule has 1 heterocycles. The van der Waals surface area contributed by atoms with E-state index in [0.717, 1.165) is 17.7 Å². The lowest BCUT2D eigenvalue weighted by Gasteiger charge is -2.17. The quantitative estimate of drug-likeness (QED) is 0.743. The Hall–Kier alpha value is -1.60. The van der Waals surface area contributed by atoms with Crippen molar-refractivity contribution in [2.45, 2.75) is 13.3 Å². The molecule has 1 amide bonds. The molecule has 116 valence electrons. The third kappa shape index (κ3) is 4.44. The van der Waals surface area contributed by atoms with E-state index in [2.05, 4.69) is 0 Å². The molecule has 0 bridgehead atoms. The van der Waals surface area contributed by atoms with Gasteiger partial charge in [0.25, 0.3) is 10.1 Å². The van der Waals surface area contributed by atoms with E-state index >= 15 is 0 Å². The van der Waals surface area contributed by atoms with Crippen molar-refractivity contribution in [3.63, 3.8) is 0 Å². The second-order valence-electron chi connectivity index (χ2n) is 4.99. The van der Waals surface area contributed by atoms with Gasteiger partial charge in [-0.25, -0.2) is 0 Å². The van der Waals surface area contributed by atoms with Crippen LogP contribution in [-0.4, -0.2) is 40.3 Å². The first kappa shape index (κ1) is 15.8. The Morgan fingerprint density at radius 1 is 1.29 bits per heavy atom. The summed E-state index contributed by atoms with van der Waals surface area (Å²) >= 11 is 0. The maximum Gasteiger partial charge on any atom is 0.264 e. The molecule has 0 aliphatic carbocycles. The predicted octanol–water partition coefficient (Wildman–Crippen LogP) is 1.41. The standard InChI is InChI=1S/C14H19NO5S/c1-3-19-13-6-4-12(5-7-13)15-9-11(8-14(15)16)10-20-21(2,17)18/h4-7,11H,3,8-10H2,1-2H3. The number of hydrogen-bond donors (Lipinski definition) is 0. The van der Waals surface area contributed by atoms with E-state index in [1.165, 1.54) is 0 Å². The lowest BCUT2D eigenvalue weighted by Crippen LogP contribution is -2.25. The van der Waals surface area contributed by atoms with Crippen molar-refractivity contribution < 1.29 is 22.1 Å². The van der Waals surface area contributed by atoms with E-state index < -0.39 is 10.1 Å². The molecule has 7 heteroatoms. The zero-order chi connectivity index (χ0) is 15.5. The highest BCUT2D eigenvalue weighted by molar-refractivity contribution is 7.85. The van der Waals surface area contributed by atoms with Gasteiger partial charge in [0.2, 0.25) is 5.91 Å². The van der Waals surface area contributed by atoms with Gasteiger partial charge in [0.15, 0.2) is 0 Å². The number of rotatable bonds is 6. The average Bonchev–Trinajstić information content (AvgIpc) is 2.78. The number of carbonyl (C=O) groups is 1. The monoisotopic (exact) mass is 313 g/mol. The van der Waals surface area contributed by atoms with Crippen LogP contribution in [0.5, 0.6) is 5.75 Å². The van der Waals surface area contributed by atoms with Crippen LogP contribution in [-0.2, 0) is 19.1 Å². The van der Waals surface area contributed by atoms with Crippen molar-refractivity contribution in [2.75, 3.05) is 30.9 Å². The first-order valence-electron chi connectivity index (χ1n) is 6.76. The maximum atomic E-state index is 12.0. The third-order valence-corrected chi connectivity index (χ3v) is 3.75. The summed E-state index contributed by atoms with van der Waals surface area (Å²) < 4.78 is 32.1. The molecule has 0 N–H and O–H groups in total. The van der Waals surface area contributed by atoms with Crippen LogP contribution in [0.4, 0.5) is 5.69 Å². The fourth-order valence-electron chi connectivity index (χ4n) is 2.25. The van der Waals surface area contributed by atoms with Crippen LogP contribution in [0.3, 0.4) is 0 Å². The molecule has 0 saturated carbocycles. The van der Waals surface area contributed by atoms with E-state index in [1.54, 1.807) is 4.90 Å². The smallest absolute Gasteiger partial charge is 0.264 e. The van der Waals surface area contributed by atoms with Gasteiger partial charge in [0, 0.05) is 24.6 Å². The Balaban J connectivity index is 1.99. The van der Waals surface area contributed by atoms with E-state index in [4.69, 9.17) is 8.92 Å². The van der Waals surface area contributed by atoms with Crippen LogP contribution in [0.25, 0.3) is 0 Å². The van der Waals surface area contributed by atoms with Gasteiger partial charge >= 0.3 is 0 Å². The molecule has 0 spiro atoms.